The van der Waals surface area contributed by atoms with E-state index < -0.39 is 28.6 Å². The summed E-state index contributed by atoms with van der Waals surface area (Å²) < 4.78 is 56.1. The molecule has 1 heterocycles. The summed E-state index contributed by atoms with van der Waals surface area (Å²) in [5.41, 5.74) is 1.23. The minimum atomic E-state index is -3.60. The van der Waals surface area contributed by atoms with E-state index in [1.807, 2.05) is 0 Å². The number of hydrogen-bond donors (Lipinski definition) is 2. The Kier molecular flexibility index (Phi) is 5.76. The smallest absolute Gasteiger partial charge is 0.282 e. The van der Waals surface area contributed by atoms with Crippen LogP contribution in [0.3, 0.4) is 0 Å². The topological polar surface area (TPSA) is 92.3 Å². The van der Waals surface area contributed by atoms with E-state index in [2.05, 4.69) is 10.2 Å². The highest BCUT2D eigenvalue weighted by atomic mass is 32.2. The maximum absolute atomic E-state index is 13.5. The lowest BCUT2D eigenvalue weighted by atomic mass is 9.99. The van der Waals surface area contributed by atoms with Gasteiger partial charge in [0, 0.05) is 11.1 Å². The normalized spacial score (nSPS) is 11.8. The molecule has 0 saturated carbocycles. The SMILES string of the molecule is COc1ccc(-c2c(C(F)F)n[nH]c2-c2ccc(S(=O)(=O)CCO)cc2)cc1. The van der Waals surface area contributed by atoms with Crippen LogP contribution in [0.2, 0.25) is 0 Å². The van der Waals surface area contributed by atoms with Gasteiger partial charge in [-0.05, 0) is 29.8 Å². The zero-order chi connectivity index (χ0) is 20.3. The highest BCUT2D eigenvalue weighted by molar-refractivity contribution is 7.91. The monoisotopic (exact) mass is 408 g/mol. The number of aromatic amines is 1. The van der Waals surface area contributed by atoms with Crippen molar-refractivity contribution >= 4 is 9.84 Å². The number of benzene rings is 2. The van der Waals surface area contributed by atoms with Crippen LogP contribution in [-0.4, -0.2) is 43.2 Å². The summed E-state index contributed by atoms with van der Waals surface area (Å²) in [6.07, 6.45) is -2.79. The zero-order valence-electron chi connectivity index (χ0n) is 14.9. The van der Waals surface area contributed by atoms with Gasteiger partial charge in [0.1, 0.15) is 11.4 Å². The van der Waals surface area contributed by atoms with Gasteiger partial charge in [0.05, 0.1) is 30.1 Å². The Morgan fingerprint density at radius 1 is 1.07 bits per heavy atom. The maximum Gasteiger partial charge on any atom is 0.282 e. The number of aromatic nitrogens is 2. The Labute approximate surface area is 160 Å². The van der Waals surface area contributed by atoms with Gasteiger partial charge in [0.15, 0.2) is 9.84 Å². The molecule has 28 heavy (non-hydrogen) atoms. The molecule has 0 amide bonds. The number of nitrogens with zero attached hydrogens (tertiary/aromatic N) is 1. The minimum absolute atomic E-state index is 0.0462. The molecule has 0 atom stereocenters. The number of rotatable bonds is 7. The van der Waals surface area contributed by atoms with E-state index in [-0.39, 0.29) is 16.2 Å². The molecule has 6 nitrogen and oxygen atoms in total. The number of sulfone groups is 1. The fourth-order valence-electron chi connectivity index (χ4n) is 2.84. The van der Waals surface area contributed by atoms with Crippen LogP contribution in [0.4, 0.5) is 8.78 Å². The lowest BCUT2D eigenvalue weighted by molar-refractivity contribution is 0.146. The van der Waals surface area contributed by atoms with Crippen molar-refractivity contribution < 1.29 is 27.0 Å². The van der Waals surface area contributed by atoms with Gasteiger partial charge in [-0.2, -0.15) is 5.10 Å². The molecular weight excluding hydrogens is 390 g/mol. The van der Waals surface area contributed by atoms with Gasteiger partial charge < -0.3 is 9.84 Å². The molecule has 0 aliphatic heterocycles. The summed E-state index contributed by atoms with van der Waals surface area (Å²) in [7, 11) is -2.09. The molecule has 9 heteroatoms. The van der Waals surface area contributed by atoms with Crippen LogP contribution in [-0.2, 0) is 9.84 Å². The molecule has 148 valence electrons. The maximum atomic E-state index is 13.5. The van der Waals surface area contributed by atoms with Crippen molar-refractivity contribution in [1.29, 1.82) is 0 Å². The molecule has 2 aromatic carbocycles. The Hall–Kier alpha value is -2.78. The molecule has 3 aromatic rings. The fourth-order valence-corrected chi connectivity index (χ4v) is 3.87. The van der Waals surface area contributed by atoms with Gasteiger partial charge in [-0.25, -0.2) is 17.2 Å². The largest absolute Gasteiger partial charge is 0.497 e. The van der Waals surface area contributed by atoms with Crippen LogP contribution in [0, 0.1) is 0 Å². The number of hydrogen-bond acceptors (Lipinski definition) is 5. The van der Waals surface area contributed by atoms with E-state index in [9.17, 15) is 17.2 Å². The first-order valence-electron chi connectivity index (χ1n) is 8.32. The average molecular weight is 408 g/mol. The van der Waals surface area contributed by atoms with Crippen LogP contribution < -0.4 is 4.74 Å². The van der Waals surface area contributed by atoms with Crippen molar-refractivity contribution in [2.45, 2.75) is 11.3 Å². The van der Waals surface area contributed by atoms with Crippen LogP contribution in [0.25, 0.3) is 22.4 Å². The lowest BCUT2D eigenvalue weighted by Crippen LogP contribution is -2.09. The van der Waals surface area contributed by atoms with Crippen LogP contribution in [0.15, 0.2) is 53.4 Å². The predicted molar refractivity (Wildman–Crippen MR) is 100 cm³/mol. The molecule has 0 spiro atoms. The first kappa shape index (κ1) is 20.0. The number of alkyl halides is 2. The van der Waals surface area contributed by atoms with E-state index in [1.165, 1.54) is 31.4 Å². The van der Waals surface area contributed by atoms with Gasteiger partial charge in [-0.3, -0.25) is 5.10 Å². The second-order valence-corrected chi connectivity index (χ2v) is 8.06. The molecule has 0 fully saturated rings. The Morgan fingerprint density at radius 2 is 1.68 bits per heavy atom. The van der Waals surface area contributed by atoms with E-state index >= 15 is 0 Å². The molecule has 0 bridgehead atoms. The van der Waals surface area contributed by atoms with Crippen molar-refractivity contribution in [3.05, 3.63) is 54.2 Å². The Morgan fingerprint density at radius 3 is 2.21 bits per heavy atom. The summed E-state index contributed by atoms with van der Waals surface area (Å²) in [5.74, 6) is 0.203. The molecular formula is C19H18F2N2O4S. The van der Waals surface area contributed by atoms with Gasteiger partial charge in [0.25, 0.3) is 6.43 Å². The molecule has 3 rings (SSSR count). The van der Waals surface area contributed by atoms with Crippen molar-refractivity contribution in [2.75, 3.05) is 19.5 Å². The molecule has 0 aliphatic rings. The number of H-pyrrole nitrogens is 1. The van der Waals surface area contributed by atoms with E-state index in [0.29, 0.717) is 22.6 Å². The van der Waals surface area contributed by atoms with E-state index in [4.69, 9.17) is 9.84 Å². The van der Waals surface area contributed by atoms with Crippen molar-refractivity contribution in [3.8, 4) is 28.1 Å². The van der Waals surface area contributed by atoms with Crippen LogP contribution in [0.5, 0.6) is 5.75 Å². The highest BCUT2D eigenvalue weighted by Gasteiger charge is 2.23. The lowest BCUT2D eigenvalue weighted by Gasteiger charge is -2.09. The summed E-state index contributed by atoms with van der Waals surface area (Å²) in [5, 5.41) is 15.3. The van der Waals surface area contributed by atoms with Gasteiger partial charge in [0.2, 0.25) is 0 Å². The van der Waals surface area contributed by atoms with Crippen molar-refractivity contribution in [3.63, 3.8) is 0 Å². The molecule has 1 aromatic heterocycles. The van der Waals surface area contributed by atoms with Crippen molar-refractivity contribution in [2.24, 2.45) is 0 Å². The van der Waals surface area contributed by atoms with Crippen molar-refractivity contribution in [1.82, 2.24) is 10.2 Å². The number of ether oxygens (including phenoxy) is 1. The average Bonchev–Trinajstić information content (AvgIpc) is 3.13. The van der Waals surface area contributed by atoms with Gasteiger partial charge in [-0.1, -0.05) is 24.3 Å². The van der Waals surface area contributed by atoms with E-state index in [0.717, 1.165) is 0 Å². The molecule has 0 radical (unpaired) electrons. The molecule has 0 unspecified atom stereocenters. The summed E-state index contributed by atoms with van der Waals surface area (Å²) in [6, 6.07) is 12.4. The second-order valence-electron chi connectivity index (χ2n) is 5.95. The van der Waals surface area contributed by atoms with Crippen LogP contribution >= 0.6 is 0 Å². The molecule has 0 saturated heterocycles. The first-order valence-corrected chi connectivity index (χ1v) is 9.97. The second kappa shape index (κ2) is 8.07. The third-order valence-corrected chi connectivity index (χ3v) is 5.95. The number of aliphatic hydroxyl groups is 1. The van der Waals surface area contributed by atoms with Gasteiger partial charge in [-0.15, -0.1) is 0 Å². The zero-order valence-corrected chi connectivity index (χ0v) is 15.7. The third-order valence-electron chi connectivity index (χ3n) is 4.24. The standard InChI is InChI=1S/C19H18F2N2O4S/c1-27-14-6-2-12(3-7-14)16-17(22-23-18(16)19(20)21)13-4-8-15(9-5-13)28(25,26)11-10-24/h2-9,19,24H,10-11H2,1H3,(H,22,23). The first-order chi connectivity index (χ1) is 13.4. The Balaban J connectivity index is 2.07. The quantitative estimate of drug-likeness (QED) is 0.625. The summed E-state index contributed by atoms with van der Waals surface area (Å²) in [6.45, 7) is -0.482. The minimum Gasteiger partial charge on any atom is -0.497 e. The summed E-state index contributed by atoms with van der Waals surface area (Å²) >= 11 is 0. The third kappa shape index (κ3) is 3.90. The Bertz CT molecular complexity index is 1050. The number of halogens is 2. The predicted octanol–water partition coefficient (Wildman–Crippen LogP) is 3.46. The highest BCUT2D eigenvalue weighted by Crippen LogP contribution is 2.38. The summed E-state index contributed by atoms with van der Waals surface area (Å²) in [4.78, 5) is 0.0462. The van der Waals surface area contributed by atoms with E-state index in [1.54, 1.807) is 24.3 Å². The fraction of sp³-hybridized carbons (Fsp3) is 0.211. The number of methoxy groups -OCH3 is 1. The number of aliphatic hydroxyl groups excluding tert-OH is 1. The molecule has 2 N–H and O–H groups in total. The van der Waals surface area contributed by atoms with Gasteiger partial charge >= 0.3 is 0 Å². The van der Waals surface area contributed by atoms with Crippen LogP contribution in [0.1, 0.15) is 12.1 Å². The molecule has 0 aliphatic carbocycles. The number of nitrogens with one attached hydrogen (secondary N) is 1.